The van der Waals surface area contributed by atoms with Crippen LogP contribution in [0.5, 0.6) is 0 Å². The van der Waals surface area contributed by atoms with Gasteiger partial charge in [-0.15, -0.1) is 0 Å². The lowest BCUT2D eigenvalue weighted by Crippen LogP contribution is -2.19. The largest absolute Gasteiger partial charge is 0.298 e. The monoisotopic (exact) mass is 309 g/mol. The second kappa shape index (κ2) is 6.38. The molecule has 0 saturated heterocycles. The van der Waals surface area contributed by atoms with Crippen LogP contribution in [-0.4, -0.2) is 31.9 Å². The van der Waals surface area contributed by atoms with Gasteiger partial charge in [-0.25, -0.2) is 4.68 Å². The minimum Gasteiger partial charge on any atom is -0.298 e. The summed E-state index contributed by atoms with van der Waals surface area (Å²) in [5.74, 6) is 0. The fraction of sp³-hybridized carbons (Fsp3) is 0.333. The average Bonchev–Trinajstić information content (AvgIpc) is 3.05. The zero-order valence-electron chi connectivity index (χ0n) is 14.2. The lowest BCUT2D eigenvalue weighted by atomic mass is 10.1. The van der Waals surface area contributed by atoms with Crippen molar-refractivity contribution >= 4 is 0 Å². The molecule has 0 saturated carbocycles. The summed E-state index contributed by atoms with van der Waals surface area (Å²) in [5.41, 5.74) is 6.97. The van der Waals surface area contributed by atoms with Crippen LogP contribution in [0.4, 0.5) is 0 Å². The molecule has 0 radical (unpaired) electrons. The van der Waals surface area contributed by atoms with Gasteiger partial charge in [0.25, 0.3) is 0 Å². The Morgan fingerprint density at radius 1 is 1.09 bits per heavy atom. The van der Waals surface area contributed by atoms with Crippen LogP contribution < -0.4 is 0 Å². The molecule has 0 fully saturated rings. The summed E-state index contributed by atoms with van der Waals surface area (Å²) in [5, 5.41) is 11.7. The SMILES string of the molecule is Cc1cc(C)n(-c2ccccc2CN(C)Cc2cn[nH]c2C)n1. The lowest BCUT2D eigenvalue weighted by molar-refractivity contribution is 0.318. The number of aromatic amines is 1. The summed E-state index contributed by atoms with van der Waals surface area (Å²) in [7, 11) is 2.13. The summed E-state index contributed by atoms with van der Waals surface area (Å²) in [6.07, 6.45) is 1.90. The topological polar surface area (TPSA) is 49.7 Å². The van der Waals surface area contributed by atoms with Gasteiger partial charge < -0.3 is 0 Å². The van der Waals surface area contributed by atoms with E-state index in [-0.39, 0.29) is 0 Å². The minimum absolute atomic E-state index is 0.860. The standard InChI is InChI=1S/C18H23N5/c1-13-9-14(2)23(21-13)18-8-6-5-7-16(18)11-22(4)12-17-10-19-20-15(17)3/h5-10H,11-12H2,1-4H3,(H,19,20). The maximum atomic E-state index is 4.62. The highest BCUT2D eigenvalue weighted by Crippen LogP contribution is 2.19. The molecule has 5 heteroatoms. The Balaban J connectivity index is 1.83. The van der Waals surface area contributed by atoms with Gasteiger partial charge in [-0.2, -0.15) is 10.2 Å². The predicted octanol–water partition coefficient (Wildman–Crippen LogP) is 3.15. The summed E-state index contributed by atoms with van der Waals surface area (Å²) >= 11 is 0. The van der Waals surface area contributed by atoms with Crippen molar-refractivity contribution < 1.29 is 0 Å². The highest BCUT2D eigenvalue weighted by Gasteiger charge is 2.11. The quantitative estimate of drug-likeness (QED) is 0.787. The van der Waals surface area contributed by atoms with E-state index in [2.05, 4.69) is 71.4 Å². The molecule has 0 unspecified atom stereocenters. The molecule has 3 rings (SSSR count). The molecule has 5 nitrogen and oxygen atoms in total. The van der Waals surface area contributed by atoms with E-state index in [0.29, 0.717) is 0 Å². The first-order valence-corrected chi connectivity index (χ1v) is 7.83. The van der Waals surface area contributed by atoms with Crippen molar-refractivity contribution in [1.82, 2.24) is 24.9 Å². The average molecular weight is 309 g/mol. The maximum absolute atomic E-state index is 4.62. The molecular weight excluding hydrogens is 286 g/mol. The number of nitrogens with zero attached hydrogens (tertiary/aromatic N) is 4. The molecular formula is C18H23N5. The van der Waals surface area contributed by atoms with Gasteiger partial charge in [-0.3, -0.25) is 10.00 Å². The van der Waals surface area contributed by atoms with Gasteiger partial charge in [0.1, 0.15) is 0 Å². The lowest BCUT2D eigenvalue weighted by Gasteiger charge is -2.19. The molecule has 0 aliphatic rings. The van der Waals surface area contributed by atoms with Crippen LogP contribution in [0.25, 0.3) is 5.69 Å². The summed E-state index contributed by atoms with van der Waals surface area (Å²) in [6.45, 7) is 7.90. The number of benzene rings is 1. The third-order valence-corrected chi connectivity index (χ3v) is 4.04. The molecule has 1 aromatic carbocycles. The van der Waals surface area contributed by atoms with E-state index < -0.39 is 0 Å². The van der Waals surface area contributed by atoms with Crippen molar-refractivity contribution in [2.75, 3.05) is 7.05 Å². The second-order valence-electron chi connectivity index (χ2n) is 6.16. The number of hydrogen-bond donors (Lipinski definition) is 1. The number of nitrogens with one attached hydrogen (secondary N) is 1. The van der Waals surface area contributed by atoms with Crippen molar-refractivity contribution in [2.24, 2.45) is 0 Å². The van der Waals surface area contributed by atoms with Gasteiger partial charge in [0.2, 0.25) is 0 Å². The van der Waals surface area contributed by atoms with E-state index in [1.165, 1.54) is 11.1 Å². The molecule has 0 aliphatic carbocycles. The van der Waals surface area contributed by atoms with Gasteiger partial charge in [0.05, 0.1) is 17.6 Å². The first-order chi connectivity index (χ1) is 11.0. The van der Waals surface area contributed by atoms with Crippen LogP contribution in [0.2, 0.25) is 0 Å². The predicted molar refractivity (Wildman–Crippen MR) is 91.5 cm³/mol. The Bertz CT molecular complexity index is 799. The van der Waals surface area contributed by atoms with Crippen molar-refractivity contribution in [1.29, 1.82) is 0 Å². The van der Waals surface area contributed by atoms with Crippen LogP contribution in [0, 0.1) is 20.8 Å². The smallest absolute Gasteiger partial charge is 0.0693 e. The molecule has 2 aromatic heterocycles. The third-order valence-electron chi connectivity index (χ3n) is 4.04. The number of rotatable bonds is 5. The van der Waals surface area contributed by atoms with Gasteiger partial charge in [0.15, 0.2) is 0 Å². The first kappa shape index (κ1) is 15.5. The molecule has 3 aromatic rings. The molecule has 0 atom stereocenters. The van der Waals surface area contributed by atoms with Crippen LogP contribution >= 0.6 is 0 Å². The van der Waals surface area contributed by atoms with Gasteiger partial charge in [0, 0.05) is 30.0 Å². The van der Waals surface area contributed by atoms with E-state index >= 15 is 0 Å². The fourth-order valence-electron chi connectivity index (χ4n) is 2.90. The van der Waals surface area contributed by atoms with E-state index in [0.717, 1.165) is 35.9 Å². The number of aryl methyl sites for hydroxylation is 3. The normalized spacial score (nSPS) is 11.3. The van der Waals surface area contributed by atoms with Crippen molar-refractivity contribution in [3.8, 4) is 5.69 Å². The van der Waals surface area contributed by atoms with Gasteiger partial charge >= 0.3 is 0 Å². The van der Waals surface area contributed by atoms with Crippen LogP contribution in [0.3, 0.4) is 0 Å². The van der Waals surface area contributed by atoms with E-state index in [1.807, 2.05) is 17.8 Å². The summed E-state index contributed by atoms with van der Waals surface area (Å²) < 4.78 is 2.03. The van der Waals surface area contributed by atoms with Crippen molar-refractivity contribution in [3.05, 3.63) is 64.7 Å². The Morgan fingerprint density at radius 3 is 2.48 bits per heavy atom. The molecule has 1 N–H and O–H groups in total. The fourth-order valence-corrected chi connectivity index (χ4v) is 2.90. The Hall–Kier alpha value is -2.40. The Kier molecular flexibility index (Phi) is 4.30. The molecule has 2 heterocycles. The summed E-state index contributed by atoms with van der Waals surface area (Å²) in [4.78, 5) is 2.29. The summed E-state index contributed by atoms with van der Waals surface area (Å²) in [6, 6.07) is 10.6. The zero-order chi connectivity index (χ0) is 16.4. The van der Waals surface area contributed by atoms with E-state index in [1.54, 1.807) is 0 Å². The third kappa shape index (κ3) is 3.35. The maximum Gasteiger partial charge on any atom is 0.0693 e. The highest BCUT2D eigenvalue weighted by atomic mass is 15.3. The zero-order valence-corrected chi connectivity index (χ0v) is 14.2. The van der Waals surface area contributed by atoms with E-state index in [9.17, 15) is 0 Å². The Morgan fingerprint density at radius 2 is 1.83 bits per heavy atom. The van der Waals surface area contributed by atoms with Gasteiger partial charge in [-0.05, 0) is 45.5 Å². The number of para-hydroxylation sites is 1. The van der Waals surface area contributed by atoms with Crippen LogP contribution in [-0.2, 0) is 13.1 Å². The molecule has 0 amide bonds. The molecule has 120 valence electrons. The number of H-pyrrole nitrogens is 1. The molecule has 0 aliphatic heterocycles. The van der Waals surface area contributed by atoms with Crippen molar-refractivity contribution in [3.63, 3.8) is 0 Å². The van der Waals surface area contributed by atoms with Crippen LogP contribution in [0.1, 0.15) is 28.2 Å². The van der Waals surface area contributed by atoms with Gasteiger partial charge in [-0.1, -0.05) is 18.2 Å². The first-order valence-electron chi connectivity index (χ1n) is 7.83. The second-order valence-corrected chi connectivity index (χ2v) is 6.16. The minimum atomic E-state index is 0.860. The van der Waals surface area contributed by atoms with E-state index in [4.69, 9.17) is 0 Å². The molecule has 0 bridgehead atoms. The number of hydrogen-bond acceptors (Lipinski definition) is 3. The highest BCUT2D eigenvalue weighted by molar-refractivity contribution is 5.42. The Labute approximate surface area is 136 Å². The number of aromatic nitrogens is 4. The molecule has 23 heavy (non-hydrogen) atoms. The van der Waals surface area contributed by atoms with Crippen molar-refractivity contribution in [2.45, 2.75) is 33.9 Å². The molecule has 0 spiro atoms. The van der Waals surface area contributed by atoms with Crippen LogP contribution in [0.15, 0.2) is 36.5 Å².